The SMILES string of the molecule is CCCCN1c2ccccc2C(=O)N(c2ccccc2)C1c1ccc(C)s1. The molecule has 1 atom stereocenters. The number of thiophene rings is 1. The second kappa shape index (κ2) is 7.57. The van der Waals surface area contributed by atoms with Gasteiger partial charge in [0, 0.05) is 22.0 Å². The molecule has 4 heteroatoms. The number of benzene rings is 2. The average Bonchev–Trinajstić information content (AvgIpc) is 3.13. The van der Waals surface area contributed by atoms with Crippen LogP contribution in [0, 0.1) is 6.92 Å². The predicted molar refractivity (Wildman–Crippen MR) is 114 cm³/mol. The maximum absolute atomic E-state index is 13.5. The van der Waals surface area contributed by atoms with E-state index in [0.717, 1.165) is 36.3 Å². The molecule has 1 aliphatic rings. The van der Waals surface area contributed by atoms with Gasteiger partial charge in [0.15, 0.2) is 0 Å². The van der Waals surface area contributed by atoms with Crippen LogP contribution in [0.5, 0.6) is 0 Å². The van der Waals surface area contributed by atoms with Crippen molar-refractivity contribution in [3.8, 4) is 0 Å². The summed E-state index contributed by atoms with van der Waals surface area (Å²) in [6.07, 6.45) is 2.10. The second-order valence-electron chi connectivity index (χ2n) is 6.90. The quantitative estimate of drug-likeness (QED) is 0.543. The fourth-order valence-corrected chi connectivity index (χ4v) is 4.69. The summed E-state index contributed by atoms with van der Waals surface area (Å²) >= 11 is 1.77. The molecular weight excluding hydrogens is 352 g/mol. The number of para-hydroxylation sites is 2. The Bertz CT molecular complexity index is 934. The maximum atomic E-state index is 13.5. The molecule has 4 rings (SSSR count). The van der Waals surface area contributed by atoms with Gasteiger partial charge in [-0.25, -0.2) is 0 Å². The number of carbonyl (C=O) groups is 1. The van der Waals surface area contributed by atoms with Crippen molar-refractivity contribution in [2.45, 2.75) is 32.9 Å². The molecule has 138 valence electrons. The van der Waals surface area contributed by atoms with Crippen LogP contribution in [-0.2, 0) is 0 Å². The fraction of sp³-hybridized carbons (Fsp3) is 0.261. The first kappa shape index (κ1) is 17.8. The van der Waals surface area contributed by atoms with Gasteiger partial charge in [0.25, 0.3) is 5.91 Å². The van der Waals surface area contributed by atoms with E-state index in [2.05, 4.69) is 36.9 Å². The van der Waals surface area contributed by atoms with Gasteiger partial charge in [0.05, 0.1) is 11.3 Å². The minimum Gasteiger partial charge on any atom is -0.346 e. The van der Waals surface area contributed by atoms with E-state index in [-0.39, 0.29) is 12.1 Å². The van der Waals surface area contributed by atoms with Crippen LogP contribution in [0.4, 0.5) is 11.4 Å². The normalized spacial score (nSPS) is 16.5. The predicted octanol–water partition coefficient (Wildman–Crippen LogP) is 6.02. The highest BCUT2D eigenvalue weighted by atomic mass is 32.1. The van der Waals surface area contributed by atoms with Crippen LogP contribution in [0.15, 0.2) is 66.7 Å². The van der Waals surface area contributed by atoms with Crippen molar-refractivity contribution in [1.82, 2.24) is 0 Å². The number of aryl methyl sites for hydroxylation is 1. The highest BCUT2D eigenvalue weighted by Gasteiger charge is 2.39. The molecule has 0 aliphatic carbocycles. The van der Waals surface area contributed by atoms with E-state index in [1.54, 1.807) is 11.3 Å². The summed E-state index contributed by atoms with van der Waals surface area (Å²) in [7, 11) is 0. The van der Waals surface area contributed by atoms with E-state index in [0.29, 0.717) is 0 Å². The molecule has 0 saturated heterocycles. The van der Waals surface area contributed by atoms with Gasteiger partial charge in [-0.3, -0.25) is 9.69 Å². The van der Waals surface area contributed by atoms with Crippen LogP contribution in [0.3, 0.4) is 0 Å². The molecular formula is C23H24N2OS. The molecule has 27 heavy (non-hydrogen) atoms. The van der Waals surface area contributed by atoms with Crippen LogP contribution in [0.2, 0.25) is 0 Å². The largest absolute Gasteiger partial charge is 0.346 e. The van der Waals surface area contributed by atoms with Crippen molar-refractivity contribution >= 4 is 28.6 Å². The zero-order valence-electron chi connectivity index (χ0n) is 15.8. The topological polar surface area (TPSA) is 23.6 Å². The molecule has 1 aromatic heterocycles. The first-order valence-corrected chi connectivity index (χ1v) is 10.3. The zero-order valence-corrected chi connectivity index (χ0v) is 16.6. The Morgan fingerprint density at radius 1 is 0.963 bits per heavy atom. The number of hydrogen-bond acceptors (Lipinski definition) is 3. The average molecular weight is 377 g/mol. The molecule has 2 heterocycles. The fourth-order valence-electron chi connectivity index (χ4n) is 3.71. The Hall–Kier alpha value is -2.59. The number of rotatable bonds is 5. The summed E-state index contributed by atoms with van der Waals surface area (Å²) in [5.74, 6) is 0.0700. The second-order valence-corrected chi connectivity index (χ2v) is 8.22. The van der Waals surface area contributed by atoms with Crippen molar-refractivity contribution in [2.75, 3.05) is 16.3 Å². The van der Waals surface area contributed by atoms with E-state index < -0.39 is 0 Å². The Balaban J connectivity index is 1.91. The Morgan fingerprint density at radius 3 is 2.41 bits per heavy atom. The molecule has 0 bridgehead atoms. The van der Waals surface area contributed by atoms with Gasteiger partial charge in [-0.2, -0.15) is 0 Å². The number of hydrogen-bond donors (Lipinski definition) is 0. The van der Waals surface area contributed by atoms with Crippen molar-refractivity contribution in [3.63, 3.8) is 0 Å². The number of unbranched alkanes of at least 4 members (excludes halogenated alkanes) is 1. The maximum Gasteiger partial charge on any atom is 0.262 e. The summed E-state index contributed by atoms with van der Waals surface area (Å²) in [5, 5.41) is 0. The Morgan fingerprint density at radius 2 is 1.70 bits per heavy atom. The van der Waals surface area contributed by atoms with E-state index in [1.165, 1.54) is 9.75 Å². The minimum atomic E-state index is -0.111. The van der Waals surface area contributed by atoms with E-state index in [1.807, 2.05) is 53.4 Å². The van der Waals surface area contributed by atoms with Crippen LogP contribution in [0.25, 0.3) is 0 Å². The summed E-state index contributed by atoms with van der Waals surface area (Å²) in [6, 6.07) is 22.4. The zero-order chi connectivity index (χ0) is 18.8. The minimum absolute atomic E-state index is 0.0700. The van der Waals surface area contributed by atoms with Crippen LogP contribution in [0.1, 0.15) is 46.0 Å². The van der Waals surface area contributed by atoms with Crippen molar-refractivity contribution in [1.29, 1.82) is 0 Å². The number of nitrogens with zero attached hydrogens (tertiary/aromatic N) is 2. The third-order valence-electron chi connectivity index (χ3n) is 5.01. The van der Waals surface area contributed by atoms with Gasteiger partial charge < -0.3 is 4.90 Å². The summed E-state index contributed by atoms with van der Waals surface area (Å²) in [5.41, 5.74) is 2.76. The third-order valence-corrected chi connectivity index (χ3v) is 6.05. The molecule has 1 unspecified atom stereocenters. The van der Waals surface area contributed by atoms with Crippen molar-refractivity contribution < 1.29 is 4.79 Å². The molecule has 1 amide bonds. The van der Waals surface area contributed by atoms with E-state index in [9.17, 15) is 4.79 Å². The van der Waals surface area contributed by atoms with Gasteiger partial charge in [-0.05, 0) is 49.7 Å². The lowest BCUT2D eigenvalue weighted by Crippen LogP contribution is -2.49. The van der Waals surface area contributed by atoms with E-state index >= 15 is 0 Å². The van der Waals surface area contributed by atoms with Crippen molar-refractivity contribution in [2.24, 2.45) is 0 Å². The molecule has 2 aromatic carbocycles. The monoisotopic (exact) mass is 376 g/mol. The third kappa shape index (κ3) is 3.26. The number of anilines is 2. The first-order valence-electron chi connectivity index (χ1n) is 9.51. The molecule has 0 saturated carbocycles. The van der Waals surface area contributed by atoms with Gasteiger partial charge in [-0.1, -0.05) is 43.7 Å². The number of carbonyl (C=O) groups excluding carboxylic acids is 1. The number of fused-ring (bicyclic) bond motifs is 1. The van der Waals surface area contributed by atoms with Gasteiger partial charge >= 0.3 is 0 Å². The van der Waals surface area contributed by atoms with Gasteiger partial charge in [-0.15, -0.1) is 11.3 Å². The summed E-state index contributed by atoms with van der Waals surface area (Å²) in [6.45, 7) is 5.25. The number of amides is 1. The molecule has 0 fully saturated rings. The standard InChI is InChI=1S/C23H24N2OS/c1-3-4-16-24-20-13-9-8-12-19(20)23(26)25(18-10-6-5-7-11-18)22(24)21-15-14-17(2)27-21/h5-15,22H,3-4,16H2,1-2H3. The molecule has 0 spiro atoms. The van der Waals surface area contributed by atoms with Crippen LogP contribution < -0.4 is 9.80 Å². The molecule has 3 nitrogen and oxygen atoms in total. The molecule has 0 N–H and O–H groups in total. The molecule has 0 radical (unpaired) electrons. The Labute approximate surface area is 164 Å². The van der Waals surface area contributed by atoms with Crippen molar-refractivity contribution in [3.05, 3.63) is 82.0 Å². The molecule has 1 aliphatic heterocycles. The van der Waals surface area contributed by atoms with Gasteiger partial charge in [0.2, 0.25) is 0 Å². The lowest BCUT2D eigenvalue weighted by atomic mass is 10.0. The lowest BCUT2D eigenvalue weighted by Gasteiger charge is -2.45. The van der Waals surface area contributed by atoms with Crippen LogP contribution >= 0.6 is 11.3 Å². The first-order chi connectivity index (χ1) is 13.2. The van der Waals surface area contributed by atoms with Gasteiger partial charge in [0.1, 0.15) is 6.17 Å². The van der Waals surface area contributed by atoms with Crippen LogP contribution in [-0.4, -0.2) is 12.5 Å². The molecule has 3 aromatic rings. The smallest absolute Gasteiger partial charge is 0.262 e. The Kier molecular flexibility index (Phi) is 4.99. The van der Waals surface area contributed by atoms with E-state index in [4.69, 9.17) is 0 Å². The summed E-state index contributed by atoms with van der Waals surface area (Å²) in [4.78, 5) is 20.4. The lowest BCUT2D eigenvalue weighted by molar-refractivity contribution is 0.0969. The summed E-state index contributed by atoms with van der Waals surface area (Å²) < 4.78 is 0. The highest BCUT2D eigenvalue weighted by Crippen LogP contribution is 2.43. The highest BCUT2D eigenvalue weighted by molar-refractivity contribution is 7.12.